The maximum absolute atomic E-state index is 15.2. The Morgan fingerprint density at radius 1 is 1.25 bits per heavy atom. The predicted molar refractivity (Wildman–Crippen MR) is 97.5 cm³/mol. The molecule has 9 nitrogen and oxygen atoms in total. The average Bonchev–Trinajstić information content (AvgIpc) is 2.64. The highest BCUT2D eigenvalue weighted by atomic mass is 19.1. The largest absolute Gasteiger partial charge is 0.444 e. The standard InChI is InChI=1S/C18H24FN3O6/c1-18(2,3)28-17(24)20-15(16(23)21-8-10-27-11-9-21)14(19)12-4-6-13(7-5-12)22(25)26/h4-7,14-15H,8-11H2,1-3H3,(H,20,24)/t14-,15+/m0/s1. The summed E-state index contributed by atoms with van der Waals surface area (Å²) in [7, 11) is 0. The molecular weight excluding hydrogens is 373 g/mol. The maximum Gasteiger partial charge on any atom is 0.408 e. The average molecular weight is 397 g/mol. The first-order valence-corrected chi connectivity index (χ1v) is 8.83. The van der Waals surface area contributed by atoms with Gasteiger partial charge in [0.05, 0.1) is 18.1 Å². The van der Waals surface area contributed by atoms with Crippen molar-refractivity contribution in [1.82, 2.24) is 10.2 Å². The third kappa shape index (κ3) is 5.88. The van der Waals surface area contributed by atoms with Gasteiger partial charge in [-0.15, -0.1) is 0 Å². The van der Waals surface area contributed by atoms with Gasteiger partial charge in [-0.25, -0.2) is 9.18 Å². The van der Waals surface area contributed by atoms with E-state index in [0.29, 0.717) is 13.2 Å². The third-order valence-corrected chi connectivity index (χ3v) is 3.98. The molecule has 0 radical (unpaired) electrons. The van der Waals surface area contributed by atoms with Crippen LogP contribution in [0.1, 0.15) is 32.5 Å². The molecule has 0 unspecified atom stereocenters. The molecule has 2 amide bonds. The Hall–Kier alpha value is -2.75. The molecule has 1 aromatic carbocycles. The van der Waals surface area contributed by atoms with Crippen molar-refractivity contribution in [2.75, 3.05) is 26.3 Å². The molecule has 2 rings (SSSR count). The number of non-ortho nitro benzene ring substituents is 1. The minimum Gasteiger partial charge on any atom is -0.444 e. The van der Waals surface area contributed by atoms with Gasteiger partial charge in [0.15, 0.2) is 6.17 Å². The van der Waals surface area contributed by atoms with E-state index >= 15 is 4.39 Å². The van der Waals surface area contributed by atoms with Crippen molar-refractivity contribution in [1.29, 1.82) is 0 Å². The van der Waals surface area contributed by atoms with Crippen LogP contribution in [-0.4, -0.2) is 59.8 Å². The number of alkyl carbamates (subject to hydrolysis) is 1. The van der Waals surface area contributed by atoms with Gasteiger partial charge in [-0.1, -0.05) is 0 Å². The number of nitrogens with zero attached hydrogens (tertiary/aromatic N) is 2. The molecule has 1 N–H and O–H groups in total. The number of benzene rings is 1. The van der Waals surface area contributed by atoms with Gasteiger partial charge < -0.3 is 19.7 Å². The zero-order chi connectivity index (χ0) is 20.9. The highest BCUT2D eigenvalue weighted by Gasteiger charge is 2.36. The van der Waals surface area contributed by atoms with Crippen molar-refractivity contribution in [2.45, 2.75) is 38.6 Å². The number of halogens is 1. The third-order valence-electron chi connectivity index (χ3n) is 3.98. The molecule has 0 aliphatic carbocycles. The van der Waals surface area contributed by atoms with E-state index in [2.05, 4.69) is 5.32 Å². The summed E-state index contributed by atoms with van der Waals surface area (Å²) in [5.41, 5.74) is -0.990. The molecule has 1 aliphatic rings. The van der Waals surface area contributed by atoms with E-state index in [0.717, 1.165) is 12.1 Å². The van der Waals surface area contributed by atoms with Crippen LogP contribution in [0, 0.1) is 10.1 Å². The number of ether oxygens (including phenoxy) is 2. The molecule has 0 aromatic heterocycles. The maximum atomic E-state index is 15.2. The van der Waals surface area contributed by atoms with Gasteiger partial charge in [-0.3, -0.25) is 14.9 Å². The Morgan fingerprint density at radius 3 is 2.32 bits per heavy atom. The fourth-order valence-electron chi connectivity index (χ4n) is 2.65. The van der Waals surface area contributed by atoms with Crippen LogP contribution in [0.15, 0.2) is 24.3 Å². The van der Waals surface area contributed by atoms with Crippen molar-refractivity contribution in [2.24, 2.45) is 0 Å². The number of carbonyl (C=O) groups is 2. The summed E-state index contributed by atoms with van der Waals surface area (Å²) in [5, 5.41) is 13.1. The fraction of sp³-hybridized carbons (Fsp3) is 0.556. The lowest BCUT2D eigenvalue weighted by molar-refractivity contribution is -0.384. The van der Waals surface area contributed by atoms with E-state index in [9.17, 15) is 19.7 Å². The van der Waals surface area contributed by atoms with Crippen molar-refractivity contribution >= 4 is 17.7 Å². The Balaban J connectivity index is 2.23. The van der Waals surface area contributed by atoms with Crippen molar-refractivity contribution in [3.05, 3.63) is 39.9 Å². The summed E-state index contributed by atoms with van der Waals surface area (Å²) in [6, 6.07) is 3.20. The highest BCUT2D eigenvalue weighted by Crippen LogP contribution is 2.26. The molecule has 0 bridgehead atoms. The smallest absolute Gasteiger partial charge is 0.408 e. The second kappa shape index (κ2) is 8.96. The van der Waals surface area contributed by atoms with Crippen LogP contribution < -0.4 is 5.32 Å². The zero-order valence-corrected chi connectivity index (χ0v) is 16.0. The second-order valence-corrected chi connectivity index (χ2v) is 7.31. The van der Waals surface area contributed by atoms with Gasteiger partial charge in [0, 0.05) is 25.2 Å². The van der Waals surface area contributed by atoms with Crippen LogP contribution >= 0.6 is 0 Å². The molecule has 1 fully saturated rings. The number of hydrogen-bond donors (Lipinski definition) is 1. The number of nitrogens with one attached hydrogen (secondary N) is 1. The Kier molecular flexibility index (Phi) is 6.90. The second-order valence-electron chi connectivity index (χ2n) is 7.31. The van der Waals surface area contributed by atoms with Crippen LogP contribution in [0.25, 0.3) is 0 Å². The molecule has 154 valence electrons. The van der Waals surface area contributed by atoms with Crippen LogP contribution in [0.4, 0.5) is 14.9 Å². The quantitative estimate of drug-likeness (QED) is 0.603. The fourth-order valence-corrected chi connectivity index (χ4v) is 2.65. The number of rotatable bonds is 5. The SMILES string of the molecule is CC(C)(C)OC(=O)N[C@@H](C(=O)N1CCOCC1)[C@@H](F)c1ccc([N+](=O)[O-])cc1. The minimum absolute atomic E-state index is 0.0354. The molecular formula is C18H24FN3O6. The first-order chi connectivity index (χ1) is 13.1. The van der Waals surface area contributed by atoms with Gasteiger partial charge in [0.2, 0.25) is 5.91 Å². The Morgan fingerprint density at radius 2 is 1.82 bits per heavy atom. The first-order valence-electron chi connectivity index (χ1n) is 8.83. The van der Waals surface area contributed by atoms with E-state index in [4.69, 9.17) is 9.47 Å². The molecule has 2 atom stereocenters. The normalized spacial score (nSPS) is 16.8. The molecule has 0 spiro atoms. The lowest BCUT2D eigenvalue weighted by atomic mass is 10.0. The van der Waals surface area contributed by atoms with Crippen molar-refractivity contribution in [3.63, 3.8) is 0 Å². The summed E-state index contributed by atoms with van der Waals surface area (Å²) >= 11 is 0. The number of nitro groups is 1. The van der Waals surface area contributed by atoms with Gasteiger partial charge in [0.25, 0.3) is 5.69 Å². The lowest BCUT2D eigenvalue weighted by Crippen LogP contribution is -2.54. The number of carbonyl (C=O) groups excluding carboxylic acids is 2. The van der Waals surface area contributed by atoms with Gasteiger partial charge >= 0.3 is 6.09 Å². The molecule has 1 heterocycles. The van der Waals surface area contributed by atoms with Gasteiger partial charge in [-0.2, -0.15) is 0 Å². The number of alkyl halides is 1. The molecule has 28 heavy (non-hydrogen) atoms. The van der Waals surface area contributed by atoms with Gasteiger partial charge in [0.1, 0.15) is 11.6 Å². The molecule has 1 aliphatic heterocycles. The molecule has 10 heteroatoms. The van der Waals surface area contributed by atoms with Gasteiger partial charge in [-0.05, 0) is 38.5 Å². The summed E-state index contributed by atoms with van der Waals surface area (Å²) in [6.07, 6.45) is -2.84. The number of amides is 2. The first kappa shape index (κ1) is 21.5. The molecule has 1 saturated heterocycles. The summed E-state index contributed by atoms with van der Waals surface area (Å²) in [6.45, 7) is 6.13. The molecule has 0 saturated carbocycles. The van der Waals surface area contributed by atoms with Crippen LogP contribution in [0.5, 0.6) is 0 Å². The monoisotopic (exact) mass is 397 g/mol. The highest BCUT2D eigenvalue weighted by molar-refractivity contribution is 5.86. The Labute approximate surface area is 161 Å². The predicted octanol–water partition coefficient (Wildman–Crippen LogP) is 2.36. The van der Waals surface area contributed by atoms with E-state index in [1.165, 1.54) is 17.0 Å². The zero-order valence-electron chi connectivity index (χ0n) is 16.0. The number of morpholine rings is 1. The Bertz CT molecular complexity index is 713. The molecule has 1 aromatic rings. The number of hydrogen-bond acceptors (Lipinski definition) is 6. The summed E-state index contributed by atoms with van der Waals surface area (Å²) < 4.78 is 25.5. The van der Waals surface area contributed by atoms with E-state index in [-0.39, 0.29) is 24.3 Å². The van der Waals surface area contributed by atoms with E-state index in [1.54, 1.807) is 20.8 Å². The minimum atomic E-state index is -1.91. The number of nitro benzene ring substituents is 1. The van der Waals surface area contributed by atoms with E-state index in [1.807, 2.05) is 0 Å². The van der Waals surface area contributed by atoms with Crippen LogP contribution in [0.3, 0.4) is 0 Å². The van der Waals surface area contributed by atoms with Crippen molar-refractivity contribution < 1.29 is 28.4 Å². The van der Waals surface area contributed by atoms with Crippen LogP contribution in [-0.2, 0) is 14.3 Å². The summed E-state index contributed by atoms with van der Waals surface area (Å²) in [5.74, 6) is -0.611. The van der Waals surface area contributed by atoms with E-state index < -0.39 is 34.7 Å². The topological polar surface area (TPSA) is 111 Å². The lowest BCUT2D eigenvalue weighted by Gasteiger charge is -2.32. The van der Waals surface area contributed by atoms with Crippen molar-refractivity contribution in [3.8, 4) is 0 Å². The van der Waals surface area contributed by atoms with Crippen LogP contribution in [0.2, 0.25) is 0 Å². The summed E-state index contributed by atoms with van der Waals surface area (Å²) in [4.78, 5) is 36.6.